The number of halogens is 1. The van der Waals surface area contributed by atoms with Gasteiger partial charge in [0.05, 0.1) is 13.2 Å². The quantitative estimate of drug-likeness (QED) is 0.136. The molecule has 0 aliphatic carbocycles. The number of hydrogen-bond donors (Lipinski definition) is 2. The van der Waals surface area contributed by atoms with E-state index >= 15 is 0 Å². The zero-order chi connectivity index (χ0) is 26.5. The van der Waals surface area contributed by atoms with Gasteiger partial charge in [0.25, 0.3) is 12.4 Å². The maximum Gasteiger partial charge on any atom is 0.293 e. The lowest BCUT2D eigenvalue weighted by molar-refractivity contribution is -0.130. The molecule has 0 spiro atoms. The van der Waals surface area contributed by atoms with Gasteiger partial charge in [-0.25, -0.2) is 14.2 Å². The minimum absolute atomic E-state index is 0.0723. The molecule has 11 heteroatoms. The van der Waals surface area contributed by atoms with Crippen LogP contribution in [-0.2, 0) is 19.1 Å². The number of hydroxylamine groups is 1. The molecule has 0 radical (unpaired) electrons. The Bertz CT molecular complexity index is 810. The first-order valence-electron chi connectivity index (χ1n) is 11.0. The van der Waals surface area contributed by atoms with Crippen LogP contribution in [0.1, 0.15) is 13.8 Å². The van der Waals surface area contributed by atoms with E-state index in [0.29, 0.717) is 37.7 Å². The van der Waals surface area contributed by atoms with E-state index < -0.39 is 5.91 Å². The molecule has 0 heterocycles. The molecule has 2 aromatic rings. The topological polar surface area (TPSA) is 101 Å². The van der Waals surface area contributed by atoms with E-state index in [1.165, 1.54) is 24.1 Å². The van der Waals surface area contributed by atoms with Gasteiger partial charge in [0.15, 0.2) is 0 Å². The van der Waals surface area contributed by atoms with E-state index in [1.807, 2.05) is 61.4 Å². The van der Waals surface area contributed by atoms with E-state index in [1.54, 1.807) is 24.7 Å². The van der Waals surface area contributed by atoms with E-state index in [9.17, 15) is 14.0 Å². The Labute approximate surface area is 211 Å². The summed E-state index contributed by atoms with van der Waals surface area (Å²) in [7, 11) is 5.46. The highest BCUT2D eigenvalue weighted by atomic mass is 32.2. The van der Waals surface area contributed by atoms with Crippen LogP contribution in [0, 0.1) is 5.82 Å². The fraction of sp³-hybridized carbons (Fsp3) is 0.417. The Hall–Kier alpha value is -2.70. The summed E-state index contributed by atoms with van der Waals surface area (Å²) in [5.74, 6) is 0.411. The second-order valence-electron chi connectivity index (χ2n) is 6.78. The number of methoxy groups -OCH3 is 1. The molecule has 1 amide bonds. The average molecular weight is 514 g/mol. The van der Waals surface area contributed by atoms with E-state index in [4.69, 9.17) is 9.94 Å². The molecular weight excluding hydrogens is 477 g/mol. The van der Waals surface area contributed by atoms with Gasteiger partial charge in [0.2, 0.25) is 0 Å². The Morgan fingerprint density at radius 3 is 2.09 bits per heavy atom. The van der Waals surface area contributed by atoms with Crippen LogP contribution < -0.4 is 10.2 Å². The van der Waals surface area contributed by atoms with Crippen molar-refractivity contribution in [1.29, 1.82) is 0 Å². The summed E-state index contributed by atoms with van der Waals surface area (Å²) in [6, 6.07) is 13.2. The van der Waals surface area contributed by atoms with Crippen LogP contribution in [0.5, 0.6) is 11.5 Å². The number of ether oxygens (including phenoxy) is 3. The molecule has 0 bridgehead atoms. The number of likely N-dealkylation sites (N-methyl/N-ethyl adjacent to an activating group) is 1. The highest BCUT2D eigenvalue weighted by Gasteiger charge is 2.12. The summed E-state index contributed by atoms with van der Waals surface area (Å²) in [6.07, 6.45) is 0. The normalized spacial score (nSPS) is 9.97. The Morgan fingerprint density at radius 2 is 1.60 bits per heavy atom. The fourth-order valence-corrected chi connectivity index (χ4v) is 3.11. The van der Waals surface area contributed by atoms with Gasteiger partial charge in [0, 0.05) is 25.1 Å². The fourth-order valence-electron chi connectivity index (χ4n) is 2.20. The number of nitrogens with zero attached hydrogens (tertiary/aromatic N) is 2. The Balaban J connectivity index is 0.00000110. The molecule has 0 fully saturated rings. The maximum atomic E-state index is 12.9. The number of carbonyl (C=O) groups excluding carboxylic acids is 2. The van der Waals surface area contributed by atoms with Crippen LogP contribution >= 0.6 is 11.9 Å². The van der Waals surface area contributed by atoms with Crippen molar-refractivity contribution in [2.45, 2.75) is 18.7 Å². The number of nitrogens with one attached hydrogen (secondary N) is 1. The second-order valence-corrected chi connectivity index (χ2v) is 7.95. The molecule has 9 nitrogen and oxygen atoms in total. The zero-order valence-corrected chi connectivity index (χ0v) is 21.7. The molecule has 2 aromatic carbocycles. The zero-order valence-electron chi connectivity index (χ0n) is 20.9. The lowest BCUT2D eigenvalue weighted by atomic mass is 10.3. The first kappa shape index (κ1) is 32.3. The summed E-state index contributed by atoms with van der Waals surface area (Å²) in [5, 5.41) is 8.73. The van der Waals surface area contributed by atoms with Gasteiger partial charge >= 0.3 is 0 Å². The highest BCUT2D eigenvalue weighted by molar-refractivity contribution is 7.97. The predicted octanol–water partition coefficient (Wildman–Crippen LogP) is 3.83. The molecule has 2 N–H and O–H groups in total. The molecule has 196 valence electrons. The summed E-state index contributed by atoms with van der Waals surface area (Å²) in [6.45, 7) is 6.72. The predicted molar refractivity (Wildman–Crippen MR) is 134 cm³/mol. The van der Waals surface area contributed by atoms with E-state index in [0.717, 1.165) is 11.4 Å². The van der Waals surface area contributed by atoms with Crippen LogP contribution in [0.3, 0.4) is 0 Å². The summed E-state index contributed by atoms with van der Waals surface area (Å²) < 4.78 is 29.3. The van der Waals surface area contributed by atoms with Crippen LogP contribution in [0.15, 0.2) is 53.4 Å². The lowest BCUT2D eigenvalue weighted by Gasteiger charge is -2.22. The van der Waals surface area contributed by atoms with Crippen molar-refractivity contribution >= 4 is 24.3 Å². The summed E-state index contributed by atoms with van der Waals surface area (Å²) in [4.78, 5) is 23.8. The molecule has 35 heavy (non-hydrogen) atoms. The van der Waals surface area contributed by atoms with Gasteiger partial charge in [-0.2, -0.15) is 0 Å². The molecule has 2 rings (SSSR count). The van der Waals surface area contributed by atoms with Crippen LogP contribution in [0.2, 0.25) is 0 Å². The van der Waals surface area contributed by atoms with Gasteiger partial charge < -0.3 is 19.1 Å². The number of benzene rings is 2. The minimum atomic E-state index is -0.465. The van der Waals surface area contributed by atoms with Crippen molar-refractivity contribution in [2.75, 3.05) is 54.1 Å². The van der Waals surface area contributed by atoms with Crippen molar-refractivity contribution in [1.82, 2.24) is 14.7 Å². The first-order chi connectivity index (χ1) is 16.9. The van der Waals surface area contributed by atoms with Crippen LogP contribution in [-0.4, -0.2) is 80.8 Å². The molecule has 0 saturated carbocycles. The largest absolute Gasteiger partial charge is 0.465 e. The molecular formula is C24H36FN3O6S. The van der Waals surface area contributed by atoms with Crippen molar-refractivity contribution in [3.63, 3.8) is 0 Å². The van der Waals surface area contributed by atoms with Gasteiger partial charge in [-0.3, -0.25) is 14.8 Å². The third-order valence-corrected chi connectivity index (χ3v) is 4.88. The highest BCUT2D eigenvalue weighted by Crippen LogP contribution is 2.27. The molecule has 0 aliphatic heterocycles. The first-order valence-corrected chi connectivity index (χ1v) is 11.7. The second kappa shape index (κ2) is 20.7. The molecule has 0 atom stereocenters. The maximum absolute atomic E-state index is 12.9. The number of rotatable bonds is 13. The standard InChI is InChI=1S/C18H22FN3O3S.C4H8O3.C2H6/c1-21(2)11-12-22(13-18(23)20-24)26-17-9-7-16(8-10-17)25-15-5-3-14(19)4-6-15;1-6-2-3-7-4-5;1-2/h3-10,24H,11-13H2,1-2H3,(H,20,23);4H,2-3H2,1H3;1-2H3. The van der Waals surface area contributed by atoms with E-state index in [-0.39, 0.29) is 12.4 Å². The van der Waals surface area contributed by atoms with Gasteiger partial charge in [-0.1, -0.05) is 13.8 Å². The van der Waals surface area contributed by atoms with Crippen molar-refractivity contribution in [2.24, 2.45) is 0 Å². The monoisotopic (exact) mass is 513 g/mol. The summed E-state index contributed by atoms with van der Waals surface area (Å²) >= 11 is 1.42. The minimum Gasteiger partial charge on any atom is -0.465 e. The van der Waals surface area contributed by atoms with Crippen molar-refractivity contribution in [3.8, 4) is 11.5 Å². The van der Waals surface area contributed by atoms with Crippen LogP contribution in [0.25, 0.3) is 0 Å². The molecule has 0 saturated heterocycles. The molecule has 0 aliphatic rings. The van der Waals surface area contributed by atoms with E-state index in [2.05, 4.69) is 9.47 Å². The smallest absolute Gasteiger partial charge is 0.293 e. The van der Waals surface area contributed by atoms with Crippen molar-refractivity contribution < 1.29 is 33.4 Å². The number of amides is 1. The van der Waals surface area contributed by atoms with Gasteiger partial charge in [-0.15, -0.1) is 0 Å². The lowest BCUT2D eigenvalue weighted by Crippen LogP contribution is -2.35. The third-order valence-electron chi connectivity index (χ3n) is 3.82. The number of carbonyl (C=O) groups is 2. The van der Waals surface area contributed by atoms with Crippen LogP contribution in [0.4, 0.5) is 4.39 Å². The third kappa shape index (κ3) is 16.5. The molecule has 0 unspecified atom stereocenters. The average Bonchev–Trinajstić information content (AvgIpc) is 2.87. The summed E-state index contributed by atoms with van der Waals surface area (Å²) in [5.41, 5.74) is 1.65. The van der Waals surface area contributed by atoms with Crippen molar-refractivity contribution in [3.05, 3.63) is 54.3 Å². The van der Waals surface area contributed by atoms with Gasteiger partial charge in [-0.05, 0) is 74.6 Å². The van der Waals surface area contributed by atoms with Gasteiger partial charge in [0.1, 0.15) is 23.9 Å². The number of hydrogen-bond acceptors (Lipinski definition) is 9. The molecule has 0 aromatic heterocycles. The Morgan fingerprint density at radius 1 is 1.03 bits per heavy atom. The Kier molecular flexibility index (Phi) is 19.1. The SMILES string of the molecule is CC.CN(C)CCN(CC(=O)NO)Sc1ccc(Oc2ccc(F)cc2)cc1.COCCOC=O.